The van der Waals surface area contributed by atoms with Crippen LogP contribution in [0, 0.1) is 0 Å². The molecule has 0 aliphatic rings. The number of aromatic nitrogens is 1. The molecule has 3 aromatic rings. The normalized spacial score (nSPS) is 12.5. The lowest BCUT2D eigenvalue weighted by Gasteiger charge is -2.13. The molecule has 3 nitrogen and oxygen atoms in total. The minimum atomic E-state index is -0.918. The molecule has 0 fully saturated rings. The number of carboxylic acid groups (broad SMARTS) is 1. The van der Waals surface area contributed by atoms with E-state index >= 15 is 0 Å². The molecule has 134 valence electrons. The van der Waals surface area contributed by atoms with E-state index in [1.165, 1.54) is 5.56 Å². The van der Waals surface area contributed by atoms with Gasteiger partial charge in [0.05, 0.1) is 16.8 Å². The van der Waals surface area contributed by atoms with Crippen LogP contribution in [-0.2, 0) is 0 Å². The van der Waals surface area contributed by atoms with Gasteiger partial charge in [0, 0.05) is 10.9 Å². The highest BCUT2D eigenvalue weighted by molar-refractivity contribution is 6.04. The van der Waals surface area contributed by atoms with Crippen LogP contribution >= 0.6 is 0 Å². The van der Waals surface area contributed by atoms with Crippen molar-refractivity contribution in [2.75, 3.05) is 0 Å². The predicted molar refractivity (Wildman–Crippen MR) is 107 cm³/mol. The van der Waals surface area contributed by atoms with Crippen molar-refractivity contribution in [3.05, 3.63) is 65.2 Å². The van der Waals surface area contributed by atoms with Gasteiger partial charge in [-0.25, -0.2) is 9.78 Å². The molecule has 2 aromatic carbocycles. The van der Waals surface area contributed by atoms with Gasteiger partial charge in [0.15, 0.2) is 0 Å². The third-order valence-electron chi connectivity index (χ3n) is 5.12. The van der Waals surface area contributed by atoms with Gasteiger partial charge in [-0.1, -0.05) is 58.0 Å². The van der Waals surface area contributed by atoms with E-state index in [9.17, 15) is 9.90 Å². The van der Waals surface area contributed by atoms with Crippen molar-refractivity contribution in [3.63, 3.8) is 0 Å². The van der Waals surface area contributed by atoms with E-state index < -0.39 is 5.97 Å². The average molecular weight is 347 g/mol. The fraction of sp³-hybridized carbons (Fsp3) is 0.304. The molecule has 0 aliphatic heterocycles. The van der Waals surface area contributed by atoms with Gasteiger partial charge in [0.1, 0.15) is 0 Å². The van der Waals surface area contributed by atoms with Gasteiger partial charge in [-0.2, -0.15) is 0 Å². The Morgan fingerprint density at radius 3 is 2.23 bits per heavy atom. The summed E-state index contributed by atoms with van der Waals surface area (Å²) in [7, 11) is 0. The highest BCUT2D eigenvalue weighted by atomic mass is 16.4. The van der Waals surface area contributed by atoms with Crippen LogP contribution in [0.3, 0.4) is 0 Å². The van der Waals surface area contributed by atoms with Crippen molar-refractivity contribution in [1.82, 2.24) is 4.98 Å². The zero-order valence-electron chi connectivity index (χ0n) is 15.8. The van der Waals surface area contributed by atoms with Gasteiger partial charge in [0.25, 0.3) is 0 Å². The van der Waals surface area contributed by atoms with Crippen molar-refractivity contribution in [1.29, 1.82) is 0 Å². The molecule has 0 bridgehead atoms. The van der Waals surface area contributed by atoms with Crippen molar-refractivity contribution < 1.29 is 9.90 Å². The average Bonchev–Trinajstić information content (AvgIpc) is 2.65. The van der Waals surface area contributed by atoms with Gasteiger partial charge in [0.2, 0.25) is 0 Å². The summed E-state index contributed by atoms with van der Waals surface area (Å²) >= 11 is 0. The quantitative estimate of drug-likeness (QED) is 0.594. The molecule has 0 radical (unpaired) electrons. The maximum absolute atomic E-state index is 11.9. The zero-order valence-corrected chi connectivity index (χ0v) is 15.8. The zero-order chi connectivity index (χ0) is 18.8. The summed E-state index contributed by atoms with van der Waals surface area (Å²) in [6, 6.07) is 15.9. The number of carboxylic acids is 1. The van der Waals surface area contributed by atoms with Crippen LogP contribution in [0.1, 0.15) is 67.4 Å². The Labute approximate surface area is 154 Å². The molecule has 3 rings (SSSR count). The van der Waals surface area contributed by atoms with Crippen LogP contribution in [0.2, 0.25) is 0 Å². The Kier molecular flexibility index (Phi) is 5.08. The number of aromatic carboxylic acids is 1. The molecule has 1 N–H and O–H groups in total. The molecule has 3 heteroatoms. The van der Waals surface area contributed by atoms with Crippen LogP contribution in [-0.4, -0.2) is 16.1 Å². The van der Waals surface area contributed by atoms with E-state index in [4.69, 9.17) is 4.98 Å². The summed E-state index contributed by atoms with van der Waals surface area (Å²) < 4.78 is 0. The number of hydrogen-bond acceptors (Lipinski definition) is 2. The van der Waals surface area contributed by atoms with Crippen LogP contribution in [0.15, 0.2) is 48.5 Å². The third-order valence-corrected chi connectivity index (χ3v) is 5.12. The smallest absolute Gasteiger partial charge is 0.336 e. The lowest BCUT2D eigenvalue weighted by molar-refractivity contribution is 0.0699. The molecule has 0 spiro atoms. The van der Waals surface area contributed by atoms with Crippen LogP contribution in [0.25, 0.3) is 22.2 Å². The Bertz CT molecular complexity index is 942. The molecule has 0 saturated carbocycles. The van der Waals surface area contributed by atoms with Gasteiger partial charge in [-0.3, -0.25) is 0 Å². The summed E-state index contributed by atoms with van der Waals surface area (Å²) in [6.45, 7) is 8.59. The molecule has 1 atom stereocenters. The summed E-state index contributed by atoms with van der Waals surface area (Å²) in [6.07, 6.45) is 1.02. The first-order valence-electron chi connectivity index (χ1n) is 9.19. The van der Waals surface area contributed by atoms with Gasteiger partial charge >= 0.3 is 5.97 Å². The summed E-state index contributed by atoms with van der Waals surface area (Å²) in [5.74, 6) is -0.0646. The van der Waals surface area contributed by atoms with E-state index in [2.05, 4.69) is 45.9 Å². The lowest BCUT2D eigenvalue weighted by atomic mass is 9.95. The first kappa shape index (κ1) is 18.1. The Morgan fingerprint density at radius 2 is 1.65 bits per heavy atom. The topological polar surface area (TPSA) is 50.2 Å². The Morgan fingerprint density at radius 1 is 1.00 bits per heavy atom. The number of pyridine rings is 1. The predicted octanol–water partition coefficient (Wildman–Crippen LogP) is 6.24. The summed E-state index contributed by atoms with van der Waals surface area (Å²) in [4.78, 5) is 16.6. The van der Waals surface area contributed by atoms with Crippen molar-refractivity contribution in [2.45, 2.75) is 46.0 Å². The highest BCUT2D eigenvalue weighted by Crippen LogP contribution is 2.29. The van der Waals surface area contributed by atoms with Crippen LogP contribution < -0.4 is 0 Å². The van der Waals surface area contributed by atoms with Crippen molar-refractivity contribution in [3.8, 4) is 11.3 Å². The lowest BCUT2D eigenvalue weighted by Crippen LogP contribution is -2.02. The van der Waals surface area contributed by atoms with E-state index in [1.54, 1.807) is 6.07 Å². The summed E-state index contributed by atoms with van der Waals surface area (Å²) in [5.41, 5.74) is 5.07. The fourth-order valence-corrected chi connectivity index (χ4v) is 3.15. The molecule has 1 aromatic heterocycles. The maximum atomic E-state index is 11.9. The number of benzene rings is 2. The number of nitrogens with zero attached hydrogens (tertiary/aromatic N) is 1. The van der Waals surface area contributed by atoms with Gasteiger partial charge in [-0.15, -0.1) is 0 Å². The highest BCUT2D eigenvalue weighted by Gasteiger charge is 2.15. The second-order valence-corrected chi connectivity index (χ2v) is 7.22. The van der Waals surface area contributed by atoms with E-state index in [-0.39, 0.29) is 0 Å². The van der Waals surface area contributed by atoms with Crippen molar-refractivity contribution >= 4 is 16.9 Å². The first-order valence-corrected chi connectivity index (χ1v) is 9.19. The minimum absolute atomic E-state index is 0.308. The van der Waals surface area contributed by atoms with Crippen LogP contribution in [0.5, 0.6) is 0 Å². The van der Waals surface area contributed by atoms with Crippen molar-refractivity contribution in [2.24, 2.45) is 0 Å². The minimum Gasteiger partial charge on any atom is -0.478 e. The van der Waals surface area contributed by atoms with E-state index in [0.717, 1.165) is 23.1 Å². The standard InChI is InChI=1S/C23H25NO2/c1-5-15(4)18-10-11-21-19(12-18)20(23(25)26)13-22(24-21)17-8-6-16(7-9-17)14(2)3/h6-15H,5H2,1-4H3,(H,25,26). The van der Waals surface area contributed by atoms with Gasteiger partial charge in [-0.05, 0) is 47.6 Å². The molecule has 1 unspecified atom stereocenters. The molecular formula is C23H25NO2. The van der Waals surface area contributed by atoms with Gasteiger partial charge < -0.3 is 5.11 Å². The number of fused-ring (bicyclic) bond motifs is 1. The third kappa shape index (κ3) is 3.48. The molecule has 0 aliphatic carbocycles. The number of rotatable bonds is 5. The molecular weight excluding hydrogens is 322 g/mol. The second-order valence-electron chi connectivity index (χ2n) is 7.22. The Hall–Kier alpha value is -2.68. The maximum Gasteiger partial charge on any atom is 0.336 e. The summed E-state index contributed by atoms with van der Waals surface area (Å²) in [5, 5.41) is 10.4. The molecule has 1 heterocycles. The SMILES string of the molecule is CCC(C)c1ccc2nc(-c3ccc(C(C)C)cc3)cc(C(=O)O)c2c1. The number of carbonyl (C=O) groups is 1. The molecule has 0 saturated heterocycles. The molecule has 0 amide bonds. The Balaban J connectivity index is 2.15. The second kappa shape index (κ2) is 7.28. The monoisotopic (exact) mass is 347 g/mol. The van der Waals surface area contributed by atoms with E-state index in [0.29, 0.717) is 28.5 Å². The first-order chi connectivity index (χ1) is 12.4. The van der Waals surface area contributed by atoms with E-state index in [1.807, 2.05) is 24.3 Å². The largest absolute Gasteiger partial charge is 0.478 e. The number of hydrogen-bond donors (Lipinski definition) is 1. The molecule has 26 heavy (non-hydrogen) atoms. The fourth-order valence-electron chi connectivity index (χ4n) is 3.15. The van der Waals surface area contributed by atoms with Crippen LogP contribution in [0.4, 0.5) is 0 Å².